The number of hydrogen-bond donors (Lipinski definition) is 1. The maximum atomic E-state index is 5.55. The first-order valence-electron chi connectivity index (χ1n) is 6.58. The summed E-state index contributed by atoms with van der Waals surface area (Å²) >= 11 is 1.64. The van der Waals surface area contributed by atoms with E-state index in [-0.39, 0.29) is 6.61 Å². The van der Waals surface area contributed by atoms with Crippen LogP contribution in [0.1, 0.15) is 5.56 Å². The monoisotopic (exact) mass is 294 g/mol. The van der Waals surface area contributed by atoms with Gasteiger partial charge in [0.2, 0.25) is 0 Å². The van der Waals surface area contributed by atoms with E-state index in [0.29, 0.717) is 6.54 Å². The fourth-order valence-corrected chi connectivity index (χ4v) is 2.79. The third-order valence-electron chi connectivity index (χ3n) is 3.10. The molecule has 3 rings (SSSR count). The van der Waals surface area contributed by atoms with Gasteiger partial charge in [0.1, 0.15) is 12.4 Å². The molecule has 0 unspecified atom stereocenters. The molecule has 2 aromatic carbocycles. The number of ether oxygens (including phenoxy) is 1. The van der Waals surface area contributed by atoms with Gasteiger partial charge < -0.3 is 10.1 Å². The number of fused-ring (bicyclic) bond motifs is 1. The van der Waals surface area contributed by atoms with Gasteiger partial charge in [-0.15, -0.1) is 17.8 Å². The molecule has 1 N–H and O–H groups in total. The summed E-state index contributed by atoms with van der Waals surface area (Å²) in [6, 6.07) is 14.1. The van der Waals surface area contributed by atoms with E-state index in [1.54, 1.807) is 11.3 Å². The smallest absolute Gasteiger partial charge is 0.148 e. The molecular weight excluding hydrogens is 280 g/mol. The molecule has 0 atom stereocenters. The second-order valence-corrected chi connectivity index (χ2v) is 5.38. The summed E-state index contributed by atoms with van der Waals surface area (Å²) in [5.41, 5.74) is 5.04. The van der Waals surface area contributed by atoms with E-state index < -0.39 is 0 Å². The van der Waals surface area contributed by atoms with Crippen LogP contribution in [0.5, 0.6) is 5.75 Å². The second kappa shape index (κ2) is 6.29. The first-order valence-corrected chi connectivity index (χ1v) is 7.46. The maximum absolute atomic E-state index is 5.55. The molecule has 1 heterocycles. The lowest BCUT2D eigenvalue weighted by molar-refractivity contribution is 0.366. The predicted molar refractivity (Wildman–Crippen MR) is 87.7 cm³/mol. The molecule has 0 aliphatic carbocycles. The van der Waals surface area contributed by atoms with Crippen LogP contribution in [-0.4, -0.2) is 11.6 Å². The van der Waals surface area contributed by atoms with Crippen molar-refractivity contribution >= 4 is 27.2 Å². The summed E-state index contributed by atoms with van der Waals surface area (Å²) < 4.78 is 6.73. The lowest BCUT2D eigenvalue weighted by atomic mass is 10.2. The van der Waals surface area contributed by atoms with Crippen LogP contribution < -0.4 is 10.1 Å². The highest BCUT2D eigenvalue weighted by molar-refractivity contribution is 7.16. The molecule has 0 saturated heterocycles. The van der Waals surface area contributed by atoms with Crippen molar-refractivity contribution in [3.63, 3.8) is 0 Å². The Kier molecular flexibility index (Phi) is 4.04. The Morgan fingerprint density at radius 3 is 3.05 bits per heavy atom. The maximum Gasteiger partial charge on any atom is 0.148 e. The summed E-state index contributed by atoms with van der Waals surface area (Å²) in [6.07, 6.45) is 5.24. The van der Waals surface area contributed by atoms with Crippen molar-refractivity contribution < 1.29 is 4.74 Å². The first-order chi connectivity index (χ1) is 10.4. The van der Waals surface area contributed by atoms with E-state index in [4.69, 9.17) is 11.2 Å². The summed E-state index contributed by atoms with van der Waals surface area (Å²) in [5.74, 6) is 3.31. The van der Waals surface area contributed by atoms with Crippen molar-refractivity contribution in [2.75, 3.05) is 11.9 Å². The Bertz CT molecular complexity index is 789. The lowest BCUT2D eigenvalue weighted by Crippen LogP contribution is -2.03. The number of anilines is 1. The van der Waals surface area contributed by atoms with Crippen LogP contribution in [0.15, 0.2) is 48.0 Å². The zero-order valence-corrected chi connectivity index (χ0v) is 12.2. The SMILES string of the molecule is C#CCOc1ccccc1CNc1ccc2ncsc2c1. The van der Waals surface area contributed by atoms with Crippen molar-refractivity contribution in [3.05, 3.63) is 53.5 Å². The van der Waals surface area contributed by atoms with E-state index in [9.17, 15) is 0 Å². The Hall–Kier alpha value is -2.51. The minimum atomic E-state index is 0.282. The van der Waals surface area contributed by atoms with Crippen LogP contribution in [-0.2, 0) is 6.54 Å². The summed E-state index contributed by atoms with van der Waals surface area (Å²) in [5, 5.41) is 3.41. The molecule has 3 nitrogen and oxygen atoms in total. The minimum Gasteiger partial charge on any atom is -0.481 e. The Morgan fingerprint density at radius 2 is 2.14 bits per heavy atom. The van der Waals surface area contributed by atoms with Gasteiger partial charge in [-0.05, 0) is 24.3 Å². The number of aromatic nitrogens is 1. The van der Waals surface area contributed by atoms with Crippen molar-refractivity contribution in [2.45, 2.75) is 6.54 Å². The number of rotatable bonds is 5. The van der Waals surface area contributed by atoms with E-state index >= 15 is 0 Å². The summed E-state index contributed by atoms with van der Waals surface area (Å²) in [4.78, 5) is 4.28. The van der Waals surface area contributed by atoms with E-state index in [2.05, 4.69) is 22.3 Å². The largest absolute Gasteiger partial charge is 0.481 e. The molecule has 3 aromatic rings. The fraction of sp³-hybridized carbons (Fsp3) is 0.118. The van der Waals surface area contributed by atoms with Crippen molar-refractivity contribution in [1.82, 2.24) is 4.98 Å². The fourth-order valence-electron chi connectivity index (χ4n) is 2.07. The third kappa shape index (κ3) is 3.15. The molecule has 4 heteroatoms. The number of nitrogens with zero attached hydrogens (tertiary/aromatic N) is 1. The van der Waals surface area contributed by atoms with E-state index in [0.717, 1.165) is 22.5 Å². The molecule has 0 fully saturated rings. The minimum absolute atomic E-state index is 0.282. The van der Waals surface area contributed by atoms with Gasteiger partial charge in [-0.25, -0.2) is 4.98 Å². The number of para-hydroxylation sites is 1. The average Bonchev–Trinajstić information content (AvgIpc) is 2.99. The lowest BCUT2D eigenvalue weighted by Gasteiger charge is -2.11. The van der Waals surface area contributed by atoms with Crippen molar-refractivity contribution in [3.8, 4) is 18.1 Å². The van der Waals surface area contributed by atoms with E-state index in [1.807, 2.05) is 41.9 Å². The molecule has 0 bridgehead atoms. The van der Waals surface area contributed by atoms with Gasteiger partial charge in [0.05, 0.1) is 15.7 Å². The molecule has 21 heavy (non-hydrogen) atoms. The van der Waals surface area contributed by atoms with Crippen LogP contribution in [0, 0.1) is 12.3 Å². The Labute approximate surface area is 127 Å². The molecule has 0 aliphatic heterocycles. The highest BCUT2D eigenvalue weighted by Gasteiger charge is 2.03. The molecule has 0 radical (unpaired) electrons. The van der Waals surface area contributed by atoms with Gasteiger partial charge in [-0.1, -0.05) is 24.1 Å². The number of nitrogens with one attached hydrogen (secondary N) is 1. The molecule has 1 aromatic heterocycles. The quantitative estimate of drug-likeness (QED) is 0.724. The molecule has 0 spiro atoms. The van der Waals surface area contributed by atoms with Gasteiger partial charge >= 0.3 is 0 Å². The zero-order chi connectivity index (χ0) is 14.5. The highest BCUT2D eigenvalue weighted by Crippen LogP contribution is 2.23. The molecule has 0 aliphatic rings. The summed E-state index contributed by atoms with van der Waals surface area (Å²) in [6.45, 7) is 0.967. The molecule has 0 amide bonds. The summed E-state index contributed by atoms with van der Waals surface area (Å²) in [7, 11) is 0. The second-order valence-electron chi connectivity index (χ2n) is 4.49. The zero-order valence-electron chi connectivity index (χ0n) is 11.4. The molecular formula is C17H14N2OS. The number of thiazole rings is 1. The molecule has 0 saturated carbocycles. The number of hydrogen-bond acceptors (Lipinski definition) is 4. The topological polar surface area (TPSA) is 34.1 Å². The van der Waals surface area contributed by atoms with Crippen LogP contribution in [0.2, 0.25) is 0 Å². The van der Waals surface area contributed by atoms with Gasteiger partial charge in [-0.2, -0.15) is 0 Å². The molecule has 104 valence electrons. The Morgan fingerprint density at radius 1 is 1.24 bits per heavy atom. The number of benzene rings is 2. The normalized spacial score (nSPS) is 10.2. The van der Waals surface area contributed by atoms with Crippen LogP contribution in [0.25, 0.3) is 10.2 Å². The Balaban J connectivity index is 1.73. The van der Waals surface area contributed by atoms with Crippen molar-refractivity contribution in [1.29, 1.82) is 0 Å². The first kappa shape index (κ1) is 13.5. The van der Waals surface area contributed by atoms with Gasteiger partial charge in [-0.3, -0.25) is 0 Å². The van der Waals surface area contributed by atoms with Crippen LogP contribution in [0.4, 0.5) is 5.69 Å². The third-order valence-corrected chi connectivity index (χ3v) is 3.89. The van der Waals surface area contributed by atoms with Gasteiger partial charge in [0.15, 0.2) is 0 Å². The predicted octanol–water partition coefficient (Wildman–Crippen LogP) is 3.92. The number of terminal acetylenes is 1. The van der Waals surface area contributed by atoms with Crippen LogP contribution in [0.3, 0.4) is 0 Å². The average molecular weight is 294 g/mol. The van der Waals surface area contributed by atoms with Crippen LogP contribution >= 0.6 is 11.3 Å². The van der Waals surface area contributed by atoms with Crippen molar-refractivity contribution in [2.24, 2.45) is 0 Å². The standard InChI is InChI=1S/C17H14N2OS/c1-2-9-20-16-6-4-3-5-13(16)11-18-14-7-8-15-17(10-14)21-12-19-15/h1,3-8,10,12,18H,9,11H2. The van der Waals surface area contributed by atoms with Gasteiger partial charge in [0.25, 0.3) is 0 Å². The van der Waals surface area contributed by atoms with Gasteiger partial charge in [0, 0.05) is 17.8 Å². The highest BCUT2D eigenvalue weighted by atomic mass is 32.1. The van der Waals surface area contributed by atoms with E-state index in [1.165, 1.54) is 4.70 Å².